The molecule has 5 heteroatoms. The number of aryl methyl sites for hydroxylation is 2. The van der Waals surface area contributed by atoms with Gasteiger partial charge in [0.15, 0.2) is 0 Å². The number of hydrogen-bond donors (Lipinski definition) is 1. The molecule has 0 aliphatic carbocycles. The number of rotatable bonds is 6. The van der Waals surface area contributed by atoms with E-state index >= 15 is 0 Å². The third kappa shape index (κ3) is 3.50. The summed E-state index contributed by atoms with van der Waals surface area (Å²) >= 11 is 9.86. The van der Waals surface area contributed by atoms with Gasteiger partial charge in [0.2, 0.25) is 0 Å². The molecular formula is C16H21BrClN3. The maximum absolute atomic E-state index is 6.23. The summed E-state index contributed by atoms with van der Waals surface area (Å²) in [5, 5.41) is 8.11. The van der Waals surface area contributed by atoms with Crippen LogP contribution in [0.5, 0.6) is 0 Å². The molecule has 3 nitrogen and oxygen atoms in total. The lowest BCUT2D eigenvalue weighted by molar-refractivity contribution is 0.396. The van der Waals surface area contributed by atoms with Gasteiger partial charge in [0.1, 0.15) is 0 Å². The lowest BCUT2D eigenvalue weighted by Crippen LogP contribution is -2.41. The van der Waals surface area contributed by atoms with Crippen molar-refractivity contribution in [2.24, 2.45) is 0 Å². The molecule has 0 amide bonds. The largest absolute Gasteiger partial charge is 0.301 e. The predicted octanol–water partition coefficient (Wildman–Crippen LogP) is 4.22. The van der Waals surface area contributed by atoms with Gasteiger partial charge < -0.3 is 5.32 Å². The zero-order chi connectivity index (χ0) is 15.5. The van der Waals surface area contributed by atoms with Crippen molar-refractivity contribution in [2.45, 2.75) is 39.4 Å². The lowest BCUT2D eigenvalue weighted by Gasteiger charge is -2.29. The maximum Gasteiger partial charge on any atom is 0.0739 e. The second-order valence-electron chi connectivity index (χ2n) is 5.35. The van der Waals surface area contributed by atoms with Gasteiger partial charge in [-0.1, -0.05) is 30.3 Å². The molecule has 0 radical (unpaired) electrons. The SMILES string of the molecule is CCn1nc(C)c(Br)c1CNC(C)(CCl)c1ccccc1. The highest BCUT2D eigenvalue weighted by atomic mass is 79.9. The summed E-state index contributed by atoms with van der Waals surface area (Å²) in [6, 6.07) is 10.3. The van der Waals surface area contributed by atoms with Crippen molar-refractivity contribution in [1.82, 2.24) is 15.1 Å². The molecule has 0 saturated carbocycles. The Kier molecular flexibility index (Phi) is 5.47. The molecule has 1 N–H and O–H groups in total. The van der Waals surface area contributed by atoms with E-state index in [-0.39, 0.29) is 5.54 Å². The maximum atomic E-state index is 6.23. The van der Waals surface area contributed by atoms with Crippen LogP contribution in [0.3, 0.4) is 0 Å². The first-order valence-corrected chi connectivity index (χ1v) is 8.43. The Balaban J connectivity index is 2.21. The van der Waals surface area contributed by atoms with Gasteiger partial charge in [0.25, 0.3) is 0 Å². The van der Waals surface area contributed by atoms with Gasteiger partial charge in [-0.2, -0.15) is 5.10 Å². The highest BCUT2D eigenvalue weighted by molar-refractivity contribution is 9.10. The van der Waals surface area contributed by atoms with Gasteiger partial charge in [-0.25, -0.2) is 0 Å². The fourth-order valence-corrected chi connectivity index (χ4v) is 3.02. The van der Waals surface area contributed by atoms with Crippen LogP contribution in [0, 0.1) is 6.92 Å². The van der Waals surface area contributed by atoms with E-state index in [1.165, 1.54) is 5.56 Å². The summed E-state index contributed by atoms with van der Waals surface area (Å²) in [6.45, 7) is 7.81. The molecule has 0 fully saturated rings. The smallest absolute Gasteiger partial charge is 0.0739 e. The second-order valence-corrected chi connectivity index (χ2v) is 6.41. The van der Waals surface area contributed by atoms with Crippen molar-refractivity contribution in [3.8, 4) is 0 Å². The van der Waals surface area contributed by atoms with Crippen molar-refractivity contribution >= 4 is 27.5 Å². The Hall–Kier alpha value is -0.840. The molecule has 1 aromatic carbocycles. The second kappa shape index (κ2) is 6.95. The van der Waals surface area contributed by atoms with E-state index in [9.17, 15) is 0 Å². The van der Waals surface area contributed by atoms with Crippen LogP contribution >= 0.6 is 27.5 Å². The van der Waals surface area contributed by atoms with Crippen LogP contribution in [0.15, 0.2) is 34.8 Å². The first-order valence-electron chi connectivity index (χ1n) is 7.10. The summed E-state index contributed by atoms with van der Waals surface area (Å²) in [5.74, 6) is 0.508. The van der Waals surface area contributed by atoms with Gasteiger partial charge in [0, 0.05) is 19.0 Å². The van der Waals surface area contributed by atoms with E-state index in [1.54, 1.807) is 0 Å². The molecule has 1 aromatic heterocycles. The summed E-state index contributed by atoms with van der Waals surface area (Å²) in [5.41, 5.74) is 3.09. The quantitative estimate of drug-likeness (QED) is 0.772. The van der Waals surface area contributed by atoms with Crippen LogP contribution in [0.25, 0.3) is 0 Å². The predicted molar refractivity (Wildman–Crippen MR) is 91.7 cm³/mol. The van der Waals surface area contributed by atoms with Crippen LogP contribution in [0.4, 0.5) is 0 Å². The molecule has 1 unspecified atom stereocenters. The minimum absolute atomic E-state index is 0.265. The Labute approximate surface area is 139 Å². The van der Waals surface area contributed by atoms with Crippen LogP contribution in [-0.4, -0.2) is 15.7 Å². The topological polar surface area (TPSA) is 29.9 Å². The van der Waals surface area contributed by atoms with Gasteiger partial charge in [-0.15, -0.1) is 11.6 Å². The lowest BCUT2D eigenvalue weighted by atomic mass is 9.94. The molecule has 2 rings (SSSR count). The van der Waals surface area contributed by atoms with Gasteiger partial charge in [-0.3, -0.25) is 4.68 Å². The summed E-state index contributed by atoms with van der Waals surface area (Å²) in [7, 11) is 0. The molecular weight excluding hydrogens is 350 g/mol. The fraction of sp³-hybridized carbons (Fsp3) is 0.438. The number of nitrogens with one attached hydrogen (secondary N) is 1. The molecule has 114 valence electrons. The van der Waals surface area contributed by atoms with Gasteiger partial charge >= 0.3 is 0 Å². The molecule has 21 heavy (non-hydrogen) atoms. The Morgan fingerprint density at radius 1 is 1.33 bits per heavy atom. The Morgan fingerprint density at radius 3 is 2.57 bits per heavy atom. The average Bonchev–Trinajstić information content (AvgIpc) is 2.80. The number of aromatic nitrogens is 2. The third-order valence-electron chi connectivity index (χ3n) is 3.78. The summed E-state index contributed by atoms with van der Waals surface area (Å²) in [6.07, 6.45) is 0. The number of halogens is 2. The fourth-order valence-electron chi connectivity index (χ4n) is 2.35. The van der Waals surface area contributed by atoms with E-state index < -0.39 is 0 Å². The number of alkyl halides is 1. The van der Waals surface area contributed by atoms with E-state index in [4.69, 9.17) is 11.6 Å². The van der Waals surface area contributed by atoms with E-state index in [2.05, 4.69) is 52.3 Å². The van der Waals surface area contributed by atoms with E-state index in [0.29, 0.717) is 12.4 Å². The van der Waals surface area contributed by atoms with Crippen LogP contribution in [-0.2, 0) is 18.6 Å². The number of hydrogen-bond acceptors (Lipinski definition) is 2. The van der Waals surface area contributed by atoms with Crippen molar-refractivity contribution in [3.05, 3.63) is 51.8 Å². The monoisotopic (exact) mass is 369 g/mol. The van der Waals surface area contributed by atoms with Crippen LogP contribution in [0.2, 0.25) is 0 Å². The normalized spacial score (nSPS) is 14.1. The summed E-state index contributed by atoms with van der Waals surface area (Å²) < 4.78 is 3.09. The Bertz CT molecular complexity index is 597. The van der Waals surface area contributed by atoms with Crippen molar-refractivity contribution in [2.75, 3.05) is 5.88 Å². The number of nitrogens with zero attached hydrogens (tertiary/aromatic N) is 2. The Morgan fingerprint density at radius 2 is 2.00 bits per heavy atom. The minimum atomic E-state index is -0.265. The summed E-state index contributed by atoms with van der Waals surface area (Å²) in [4.78, 5) is 0. The molecule has 0 aliphatic rings. The van der Waals surface area contributed by atoms with Crippen LogP contribution in [0.1, 0.15) is 30.8 Å². The molecule has 1 heterocycles. The zero-order valence-corrected chi connectivity index (χ0v) is 15.0. The van der Waals surface area contributed by atoms with Crippen molar-refractivity contribution in [3.63, 3.8) is 0 Å². The average molecular weight is 371 g/mol. The highest BCUT2D eigenvalue weighted by Crippen LogP contribution is 2.25. The first kappa shape index (κ1) is 16.5. The highest BCUT2D eigenvalue weighted by Gasteiger charge is 2.26. The zero-order valence-electron chi connectivity index (χ0n) is 12.7. The van der Waals surface area contributed by atoms with Crippen LogP contribution < -0.4 is 5.32 Å². The molecule has 0 bridgehead atoms. The van der Waals surface area contributed by atoms with E-state index in [0.717, 1.165) is 22.4 Å². The number of benzene rings is 1. The van der Waals surface area contributed by atoms with E-state index in [1.807, 2.05) is 29.8 Å². The molecule has 1 atom stereocenters. The minimum Gasteiger partial charge on any atom is -0.301 e. The third-order valence-corrected chi connectivity index (χ3v) is 5.34. The molecule has 0 spiro atoms. The molecule has 0 saturated heterocycles. The molecule has 0 aliphatic heterocycles. The van der Waals surface area contributed by atoms with Crippen molar-refractivity contribution in [1.29, 1.82) is 0 Å². The molecule has 2 aromatic rings. The standard InChI is InChI=1S/C16H21BrClN3/c1-4-21-14(15(17)12(2)20-21)10-19-16(3,11-18)13-8-6-5-7-9-13/h5-9,19H,4,10-11H2,1-3H3. The first-order chi connectivity index (χ1) is 10.0. The van der Waals surface area contributed by atoms with Gasteiger partial charge in [0.05, 0.1) is 21.4 Å². The van der Waals surface area contributed by atoms with Gasteiger partial charge in [-0.05, 0) is 42.3 Å². The van der Waals surface area contributed by atoms with Crippen molar-refractivity contribution < 1.29 is 0 Å².